The van der Waals surface area contributed by atoms with E-state index in [2.05, 4.69) is 0 Å². The first-order chi connectivity index (χ1) is 17.2. The Morgan fingerprint density at radius 1 is 1.16 bits per heavy atom. The number of phenolic OH excluding ortho intramolecular Hbond substituents is 1. The largest absolute Gasteiger partial charge is 0.508 e. The van der Waals surface area contributed by atoms with Gasteiger partial charge >= 0.3 is 5.97 Å². The number of aliphatic hydroxyl groups excluding tert-OH is 2. The number of hydrogen-bond donors (Lipinski definition) is 6. The van der Waals surface area contributed by atoms with E-state index in [1.54, 1.807) is 13.0 Å². The number of ketones is 2. The number of aliphatic hydroxyl groups is 3. The SMILES string of the molecule is CCC(=O)O[C@H]1[C@H]2C(=C(O)c3c(ccc(N)c3O)[C@@H]2C)C(=O)[C@]2(O)C(O)=C(C(N)=O)C(=O)[C@@H](N(C)C)[C@H]12. The average Bonchev–Trinajstić information content (AvgIpc) is 2.82. The van der Waals surface area contributed by atoms with Crippen LogP contribution in [-0.4, -0.2) is 80.6 Å². The van der Waals surface area contributed by atoms with E-state index in [0.717, 1.165) is 0 Å². The van der Waals surface area contributed by atoms with Gasteiger partial charge in [0.2, 0.25) is 5.78 Å². The number of hydrogen-bond acceptors (Lipinski definition) is 11. The summed E-state index contributed by atoms with van der Waals surface area (Å²) in [6, 6.07) is 1.54. The standard InChI is InChI=1S/C25H29N3O9/c1-5-11(29)37-21-12-8(2)9-6-7-10(26)18(30)13(9)19(31)14(12)22(33)25(36)16(21)17(28(3)4)20(32)15(23(25)34)24(27)35/h6-8,12,16-17,21,30-31,34,36H,5,26H2,1-4H3,(H2,27,35)/t8-,12+,16+,17-,21-,25-/m0/s1. The van der Waals surface area contributed by atoms with Crippen LogP contribution in [0.25, 0.3) is 5.76 Å². The molecule has 1 aromatic rings. The molecule has 1 saturated carbocycles. The van der Waals surface area contributed by atoms with Gasteiger partial charge in [-0.3, -0.25) is 24.1 Å². The molecule has 37 heavy (non-hydrogen) atoms. The van der Waals surface area contributed by atoms with Gasteiger partial charge in [0.25, 0.3) is 5.91 Å². The number of nitrogen functional groups attached to an aromatic ring is 1. The second-order valence-corrected chi connectivity index (χ2v) is 9.83. The molecular weight excluding hydrogens is 486 g/mol. The Hall–Kier alpha value is -3.90. The van der Waals surface area contributed by atoms with Gasteiger partial charge in [-0.15, -0.1) is 0 Å². The van der Waals surface area contributed by atoms with Crippen molar-refractivity contribution >= 4 is 34.9 Å². The lowest BCUT2D eigenvalue weighted by molar-refractivity contribution is -0.185. The molecule has 0 radical (unpaired) electrons. The second kappa shape index (κ2) is 8.60. The number of carbonyl (C=O) groups excluding carboxylic acids is 4. The van der Waals surface area contributed by atoms with Crippen molar-refractivity contribution in [1.29, 1.82) is 0 Å². The van der Waals surface area contributed by atoms with Gasteiger partial charge in [-0.25, -0.2) is 0 Å². The fourth-order valence-electron chi connectivity index (χ4n) is 5.98. The summed E-state index contributed by atoms with van der Waals surface area (Å²) in [5, 5.41) is 44.8. The normalized spacial score (nSPS) is 31.1. The van der Waals surface area contributed by atoms with Gasteiger partial charge < -0.3 is 36.6 Å². The van der Waals surface area contributed by atoms with E-state index in [-0.39, 0.29) is 17.7 Å². The van der Waals surface area contributed by atoms with Crippen LogP contribution in [0.1, 0.15) is 37.3 Å². The van der Waals surface area contributed by atoms with Gasteiger partial charge in [0.05, 0.1) is 23.2 Å². The lowest BCUT2D eigenvalue weighted by Crippen LogP contribution is -2.71. The highest BCUT2D eigenvalue weighted by Gasteiger charge is 2.69. The number of aromatic hydroxyl groups is 1. The molecule has 6 atom stereocenters. The van der Waals surface area contributed by atoms with Crippen molar-refractivity contribution in [3.63, 3.8) is 0 Å². The van der Waals surface area contributed by atoms with Crippen LogP contribution < -0.4 is 11.5 Å². The maximum atomic E-state index is 14.0. The van der Waals surface area contributed by atoms with E-state index in [1.165, 1.54) is 32.0 Å². The maximum absolute atomic E-state index is 14.0. The molecule has 0 unspecified atom stereocenters. The van der Waals surface area contributed by atoms with Crippen molar-refractivity contribution in [3.8, 4) is 5.75 Å². The molecule has 0 aromatic heterocycles. The Bertz CT molecular complexity index is 1310. The monoisotopic (exact) mass is 515 g/mol. The van der Waals surface area contributed by atoms with Gasteiger partial charge in [-0.05, 0) is 31.6 Å². The lowest BCUT2D eigenvalue weighted by atomic mass is 9.54. The van der Waals surface area contributed by atoms with Crippen LogP contribution in [0.5, 0.6) is 5.75 Å². The number of amides is 1. The number of rotatable bonds is 4. The van der Waals surface area contributed by atoms with Crippen LogP contribution in [0.15, 0.2) is 29.0 Å². The number of nitrogens with two attached hydrogens (primary N) is 2. The van der Waals surface area contributed by atoms with Crippen molar-refractivity contribution in [3.05, 3.63) is 40.2 Å². The summed E-state index contributed by atoms with van der Waals surface area (Å²) >= 11 is 0. The minimum Gasteiger partial charge on any atom is -0.508 e. The predicted octanol–water partition coefficient (Wildman–Crippen LogP) is 0.0389. The summed E-state index contributed by atoms with van der Waals surface area (Å²) in [7, 11) is 2.91. The first-order valence-electron chi connectivity index (χ1n) is 11.7. The molecule has 1 fully saturated rings. The number of ether oxygens (including phenoxy) is 1. The summed E-state index contributed by atoms with van der Waals surface area (Å²) in [5.74, 6) is -10.2. The first kappa shape index (κ1) is 26.2. The first-order valence-corrected chi connectivity index (χ1v) is 11.7. The zero-order valence-corrected chi connectivity index (χ0v) is 20.7. The van der Waals surface area contributed by atoms with Crippen molar-refractivity contribution in [2.75, 3.05) is 19.8 Å². The van der Waals surface area contributed by atoms with E-state index >= 15 is 0 Å². The molecular formula is C25H29N3O9. The van der Waals surface area contributed by atoms with Crippen LogP contribution in [0.3, 0.4) is 0 Å². The smallest absolute Gasteiger partial charge is 0.305 e. The van der Waals surface area contributed by atoms with Gasteiger partial charge in [0, 0.05) is 17.9 Å². The Morgan fingerprint density at radius 3 is 2.32 bits per heavy atom. The topological polar surface area (TPSA) is 214 Å². The van der Waals surface area contributed by atoms with Crippen molar-refractivity contribution in [2.45, 2.75) is 43.9 Å². The second-order valence-electron chi connectivity index (χ2n) is 9.83. The quantitative estimate of drug-likeness (QED) is 0.136. The molecule has 12 heteroatoms. The summed E-state index contributed by atoms with van der Waals surface area (Å²) in [6.45, 7) is 3.19. The summed E-state index contributed by atoms with van der Waals surface area (Å²) < 4.78 is 5.74. The molecule has 0 heterocycles. The van der Waals surface area contributed by atoms with E-state index < -0.39 is 87.4 Å². The van der Waals surface area contributed by atoms with Crippen LogP contribution in [0, 0.1) is 11.8 Å². The number of carbonyl (C=O) groups is 4. The highest BCUT2D eigenvalue weighted by molar-refractivity contribution is 6.24. The molecule has 0 saturated heterocycles. The van der Waals surface area contributed by atoms with Crippen molar-refractivity contribution in [2.24, 2.45) is 17.6 Å². The van der Waals surface area contributed by atoms with E-state index in [1.807, 2.05) is 0 Å². The Balaban J connectivity index is 2.12. The number of likely N-dealkylation sites (N-methyl/N-ethyl adjacent to an activating group) is 1. The Kier molecular flexibility index (Phi) is 6.08. The number of esters is 1. The van der Waals surface area contributed by atoms with E-state index in [4.69, 9.17) is 16.2 Å². The number of benzene rings is 1. The third-order valence-corrected chi connectivity index (χ3v) is 7.69. The third kappa shape index (κ3) is 3.36. The number of phenols is 1. The molecule has 8 N–H and O–H groups in total. The van der Waals surface area contributed by atoms with Gasteiger partial charge in [-0.1, -0.05) is 19.9 Å². The Morgan fingerprint density at radius 2 is 1.78 bits per heavy atom. The van der Waals surface area contributed by atoms with Crippen molar-refractivity contribution in [1.82, 2.24) is 4.90 Å². The Labute approximate surface area is 211 Å². The molecule has 4 rings (SSSR count). The molecule has 12 nitrogen and oxygen atoms in total. The summed E-state index contributed by atoms with van der Waals surface area (Å²) in [6.07, 6.45) is -1.52. The van der Waals surface area contributed by atoms with Crippen LogP contribution in [0.4, 0.5) is 5.69 Å². The molecule has 0 spiro atoms. The average molecular weight is 516 g/mol. The van der Waals surface area contributed by atoms with Crippen molar-refractivity contribution < 1.29 is 44.3 Å². The minimum atomic E-state index is -2.97. The summed E-state index contributed by atoms with van der Waals surface area (Å²) in [4.78, 5) is 53.5. The summed E-state index contributed by atoms with van der Waals surface area (Å²) in [5.41, 5.74) is 6.91. The highest BCUT2D eigenvalue weighted by atomic mass is 16.5. The number of nitrogens with zero attached hydrogens (tertiary/aromatic N) is 1. The molecule has 198 valence electrons. The molecule has 1 amide bonds. The molecule has 0 aliphatic heterocycles. The molecule has 1 aromatic carbocycles. The molecule has 0 bridgehead atoms. The fraction of sp³-hybridized carbons (Fsp3) is 0.440. The van der Waals surface area contributed by atoms with Crippen LogP contribution >= 0.6 is 0 Å². The lowest BCUT2D eigenvalue weighted by Gasteiger charge is -2.54. The van der Waals surface area contributed by atoms with Crippen LogP contribution in [-0.2, 0) is 23.9 Å². The molecule has 3 aliphatic carbocycles. The van der Waals surface area contributed by atoms with Crippen LogP contribution in [0.2, 0.25) is 0 Å². The third-order valence-electron chi connectivity index (χ3n) is 7.69. The predicted molar refractivity (Wildman–Crippen MR) is 129 cm³/mol. The van der Waals surface area contributed by atoms with Gasteiger partial charge in [-0.2, -0.15) is 0 Å². The number of Topliss-reactive ketones (excluding diaryl/α,β-unsaturated/α-hetero) is 2. The number of primary amides is 1. The zero-order chi connectivity index (χ0) is 27.7. The fourth-order valence-corrected chi connectivity index (χ4v) is 5.98. The number of anilines is 1. The molecule has 3 aliphatic rings. The van der Waals surface area contributed by atoms with E-state index in [0.29, 0.717) is 5.56 Å². The highest BCUT2D eigenvalue weighted by Crippen LogP contribution is 2.57. The minimum absolute atomic E-state index is 0.0833. The zero-order valence-electron chi connectivity index (χ0n) is 20.7. The van der Waals surface area contributed by atoms with Gasteiger partial charge in [0.15, 0.2) is 11.4 Å². The van der Waals surface area contributed by atoms with Gasteiger partial charge in [0.1, 0.15) is 28.9 Å². The maximum Gasteiger partial charge on any atom is 0.305 e. The number of fused-ring (bicyclic) bond motifs is 3. The van der Waals surface area contributed by atoms with E-state index in [9.17, 15) is 39.6 Å².